The van der Waals surface area contributed by atoms with Crippen LogP contribution in [-0.2, 0) is 5.60 Å². The van der Waals surface area contributed by atoms with E-state index in [1.807, 2.05) is 12.1 Å². The summed E-state index contributed by atoms with van der Waals surface area (Å²) < 4.78 is 0. The second-order valence-electron chi connectivity index (χ2n) is 5.66. The lowest BCUT2D eigenvalue weighted by molar-refractivity contribution is -0.0246. The van der Waals surface area contributed by atoms with E-state index in [2.05, 4.69) is 4.98 Å². The van der Waals surface area contributed by atoms with E-state index in [-0.39, 0.29) is 0 Å². The number of rotatable bonds is 2. The molecule has 3 rings (SSSR count). The van der Waals surface area contributed by atoms with E-state index >= 15 is 0 Å². The number of nitrogens with zero attached hydrogens (tertiary/aromatic N) is 1. The zero-order valence-electron chi connectivity index (χ0n) is 10.1. The monoisotopic (exact) mass is 232 g/mol. The zero-order chi connectivity index (χ0) is 11.9. The molecule has 2 aliphatic carbocycles. The molecule has 1 heterocycles. The van der Waals surface area contributed by atoms with Gasteiger partial charge in [-0.05, 0) is 56.4 Å². The fourth-order valence-corrected chi connectivity index (χ4v) is 3.32. The van der Waals surface area contributed by atoms with Gasteiger partial charge in [-0.1, -0.05) is 6.07 Å². The van der Waals surface area contributed by atoms with Gasteiger partial charge < -0.3 is 10.8 Å². The number of pyridine rings is 1. The summed E-state index contributed by atoms with van der Waals surface area (Å²) in [5.41, 5.74) is 6.01. The first-order chi connectivity index (χ1) is 8.19. The molecule has 0 spiro atoms. The summed E-state index contributed by atoms with van der Waals surface area (Å²) in [4.78, 5) is 4.10. The van der Waals surface area contributed by atoms with Crippen molar-refractivity contribution in [1.29, 1.82) is 0 Å². The highest BCUT2D eigenvalue weighted by molar-refractivity contribution is 5.43. The van der Waals surface area contributed by atoms with Crippen LogP contribution in [0.25, 0.3) is 0 Å². The predicted octanol–water partition coefficient (Wildman–Crippen LogP) is 2.45. The molecule has 0 radical (unpaired) electrons. The van der Waals surface area contributed by atoms with Gasteiger partial charge in [-0.3, -0.25) is 0 Å². The van der Waals surface area contributed by atoms with Crippen LogP contribution in [0, 0.1) is 11.8 Å². The predicted molar refractivity (Wildman–Crippen MR) is 67.2 cm³/mol. The first-order valence-corrected chi connectivity index (χ1v) is 6.62. The SMILES string of the molecule is Nc1ncccc1C1(O)CCCC(C2CC2)C1. The molecule has 0 saturated heterocycles. The number of aliphatic hydroxyl groups is 1. The van der Waals surface area contributed by atoms with Crippen LogP contribution in [0.3, 0.4) is 0 Å². The van der Waals surface area contributed by atoms with Gasteiger partial charge in [-0.15, -0.1) is 0 Å². The lowest BCUT2D eigenvalue weighted by atomic mass is 9.73. The molecule has 2 atom stereocenters. The van der Waals surface area contributed by atoms with Crippen molar-refractivity contribution < 1.29 is 5.11 Å². The summed E-state index contributed by atoms with van der Waals surface area (Å²) in [6.07, 6.45) is 8.45. The Morgan fingerprint density at radius 3 is 2.82 bits per heavy atom. The Bertz CT molecular complexity index is 416. The number of anilines is 1. The van der Waals surface area contributed by atoms with Crippen LogP contribution in [0.2, 0.25) is 0 Å². The molecule has 1 aromatic rings. The van der Waals surface area contributed by atoms with Crippen LogP contribution >= 0.6 is 0 Å². The van der Waals surface area contributed by atoms with Crippen molar-refractivity contribution >= 4 is 5.82 Å². The minimum Gasteiger partial charge on any atom is -0.385 e. The van der Waals surface area contributed by atoms with Crippen molar-refractivity contribution in [2.24, 2.45) is 11.8 Å². The number of nitrogen functional groups attached to an aromatic ring is 1. The Morgan fingerprint density at radius 2 is 2.12 bits per heavy atom. The van der Waals surface area contributed by atoms with Crippen molar-refractivity contribution in [3.8, 4) is 0 Å². The molecule has 2 aliphatic rings. The van der Waals surface area contributed by atoms with E-state index < -0.39 is 5.60 Å². The summed E-state index contributed by atoms with van der Waals surface area (Å²) in [5, 5.41) is 10.9. The van der Waals surface area contributed by atoms with Gasteiger partial charge in [-0.25, -0.2) is 4.98 Å². The normalized spacial score (nSPS) is 33.6. The molecular formula is C14H20N2O. The fraction of sp³-hybridized carbons (Fsp3) is 0.643. The highest BCUT2D eigenvalue weighted by Gasteiger charge is 2.42. The third-order valence-electron chi connectivity index (χ3n) is 4.39. The van der Waals surface area contributed by atoms with Crippen molar-refractivity contribution in [3.05, 3.63) is 23.9 Å². The van der Waals surface area contributed by atoms with Crippen molar-refractivity contribution in [3.63, 3.8) is 0 Å². The maximum Gasteiger partial charge on any atom is 0.129 e. The van der Waals surface area contributed by atoms with Gasteiger partial charge in [0.05, 0.1) is 5.60 Å². The average Bonchev–Trinajstić information content (AvgIpc) is 3.13. The standard InChI is InChI=1S/C14H20N2O/c15-13-12(4-2-8-16-13)14(17)7-1-3-11(9-14)10-5-6-10/h2,4,8,10-11,17H,1,3,5-7,9H2,(H2,15,16). The summed E-state index contributed by atoms with van der Waals surface area (Å²) in [7, 11) is 0. The van der Waals surface area contributed by atoms with Gasteiger partial charge in [0.25, 0.3) is 0 Å². The average molecular weight is 232 g/mol. The highest BCUT2D eigenvalue weighted by atomic mass is 16.3. The van der Waals surface area contributed by atoms with E-state index in [1.54, 1.807) is 6.20 Å². The van der Waals surface area contributed by atoms with Crippen LogP contribution in [0.4, 0.5) is 5.82 Å². The third-order valence-corrected chi connectivity index (χ3v) is 4.39. The van der Waals surface area contributed by atoms with Crippen LogP contribution < -0.4 is 5.73 Å². The molecule has 0 bridgehead atoms. The smallest absolute Gasteiger partial charge is 0.129 e. The summed E-state index contributed by atoms with van der Waals surface area (Å²) in [6.45, 7) is 0. The molecule has 2 fully saturated rings. The van der Waals surface area contributed by atoms with Gasteiger partial charge in [-0.2, -0.15) is 0 Å². The highest BCUT2D eigenvalue weighted by Crippen LogP contribution is 2.50. The zero-order valence-corrected chi connectivity index (χ0v) is 10.1. The van der Waals surface area contributed by atoms with E-state index in [0.717, 1.165) is 30.7 Å². The number of aromatic nitrogens is 1. The number of hydrogen-bond donors (Lipinski definition) is 2. The quantitative estimate of drug-likeness (QED) is 0.823. The lowest BCUT2D eigenvalue weighted by Gasteiger charge is -2.37. The van der Waals surface area contributed by atoms with Gasteiger partial charge in [0, 0.05) is 11.8 Å². The molecule has 3 N–H and O–H groups in total. The molecule has 2 saturated carbocycles. The van der Waals surface area contributed by atoms with Crippen LogP contribution in [0.15, 0.2) is 18.3 Å². The Hall–Kier alpha value is -1.09. The molecule has 17 heavy (non-hydrogen) atoms. The van der Waals surface area contributed by atoms with Crippen LogP contribution in [-0.4, -0.2) is 10.1 Å². The molecule has 3 nitrogen and oxygen atoms in total. The van der Waals surface area contributed by atoms with Crippen LogP contribution in [0.1, 0.15) is 44.1 Å². The Labute approximate surface area is 102 Å². The van der Waals surface area contributed by atoms with E-state index in [9.17, 15) is 5.11 Å². The molecule has 1 aromatic heterocycles. The summed E-state index contributed by atoms with van der Waals surface area (Å²) in [5.74, 6) is 2.04. The third kappa shape index (κ3) is 2.04. The minimum absolute atomic E-state index is 0.492. The number of nitrogens with two attached hydrogens (primary N) is 1. The largest absolute Gasteiger partial charge is 0.385 e. The van der Waals surface area contributed by atoms with Crippen LogP contribution in [0.5, 0.6) is 0 Å². The Kier molecular flexibility index (Phi) is 2.58. The van der Waals surface area contributed by atoms with Crippen molar-refractivity contribution in [2.75, 3.05) is 5.73 Å². The van der Waals surface area contributed by atoms with Gasteiger partial charge in [0.1, 0.15) is 5.82 Å². The maximum atomic E-state index is 10.9. The molecule has 0 aliphatic heterocycles. The Balaban J connectivity index is 1.86. The molecule has 92 valence electrons. The molecule has 0 aromatic carbocycles. The van der Waals surface area contributed by atoms with E-state index in [0.29, 0.717) is 11.7 Å². The molecule has 2 unspecified atom stereocenters. The van der Waals surface area contributed by atoms with Gasteiger partial charge in [0.2, 0.25) is 0 Å². The second-order valence-corrected chi connectivity index (χ2v) is 5.66. The number of hydrogen-bond acceptors (Lipinski definition) is 3. The maximum absolute atomic E-state index is 10.9. The molecule has 3 heteroatoms. The van der Waals surface area contributed by atoms with E-state index in [4.69, 9.17) is 5.73 Å². The molecular weight excluding hydrogens is 212 g/mol. The topological polar surface area (TPSA) is 59.1 Å². The van der Waals surface area contributed by atoms with E-state index in [1.165, 1.54) is 19.3 Å². The second kappa shape index (κ2) is 3.98. The molecule has 0 amide bonds. The fourth-order valence-electron chi connectivity index (χ4n) is 3.32. The van der Waals surface area contributed by atoms with Crippen molar-refractivity contribution in [1.82, 2.24) is 4.98 Å². The van der Waals surface area contributed by atoms with Crippen molar-refractivity contribution in [2.45, 2.75) is 44.1 Å². The first-order valence-electron chi connectivity index (χ1n) is 6.62. The lowest BCUT2D eigenvalue weighted by Crippen LogP contribution is -2.34. The first kappa shape index (κ1) is 11.0. The Morgan fingerprint density at radius 1 is 1.29 bits per heavy atom. The summed E-state index contributed by atoms with van der Waals surface area (Å²) in [6, 6.07) is 3.79. The van der Waals surface area contributed by atoms with Gasteiger partial charge >= 0.3 is 0 Å². The minimum atomic E-state index is -0.732. The van der Waals surface area contributed by atoms with Gasteiger partial charge in [0.15, 0.2) is 0 Å². The summed E-state index contributed by atoms with van der Waals surface area (Å²) >= 11 is 0.